The Morgan fingerprint density at radius 1 is 1.32 bits per heavy atom. The van der Waals surface area contributed by atoms with Gasteiger partial charge in [0.25, 0.3) is 0 Å². The Hall–Kier alpha value is -0.770. The van der Waals surface area contributed by atoms with Crippen LogP contribution in [0.5, 0.6) is 5.75 Å². The van der Waals surface area contributed by atoms with E-state index in [9.17, 15) is 5.11 Å². The van der Waals surface area contributed by atoms with Gasteiger partial charge in [0.05, 0.1) is 11.1 Å². The lowest BCUT2D eigenvalue weighted by molar-refractivity contribution is 0.0320. The van der Waals surface area contributed by atoms with Gasteiger partial charge in [0.15, 0.2) is 0 Å². The fourth-order valence-electron chi connectivity index (χ4n) is 2.45. The van der Waals surface area contributed by atoms with Crippen molar-refractivity contribution in [2.75, 3.05) is 0 Å². The van der Waals surface area contributed by atoms with Crippen molar-refractivity contribution >= 4 is 11.6 Å². The molecule has 0 saturated heterocycles. The van der Waals surface area contributed by atoms with Crippen LogP contribution in [0.25, 0.3) is 0 Å². The SMILES string of the molecule is CC(N)c1ccc(OC2CCCCCC2O)c(Cl)c1. The smallest absolute Gasteiger partial charge is 0.138 e. The van der Waals surface area contributed by atoms with Gasteiger partial charge in [-0.2, -0.15) is 0 Å². The molecule has 2 rings (SSSR count). The first-order valence-electron chi connectivity index (χ1n) is 6.97. The molecule has 4 heteroatoms. The van der Waals surface area contributed by atoms with E-state index >= 15 is 0 Å². The molecule has 0 aromatic heterocycles. The lowest BCUT2D eigenvalue weighted by Gasteiger charge is -2.23. The third-order valence-corrected chi connectivity index (χ3v) is 3.97. The van der Waals surface area contributed by atoms with Gasteiger partial charge in [-0.3, -0.25) is 0 Å². The first-order valence-corrected chi connectivity index (χ1v) is 7.35. The molecule has 19 heavy (non-hydrogen) atoms. The summed E-state index contributed by atoms with van der Waals surface area (Å²) in [6.45, 7) is 1.92. The molecule has 106 valence electrons. The van der Waals surface area contributed by atoms with E-state index in [0.717, 1.165) is 37.7 Å². The van der Waals surface area contributed by atoms with E-state index in [1.165, 1.54) is 0 Å². The van der Waals surface area contributed by atoms with Crippen molar-refractivity contribution < 1.29 is 9.84 Å². The van der Waals surface area contributed by atoms with Crippen molar-refractivity contribution in [3.05, 3.63) is 28.8 Å². The maximum absolute atomic E-state index is 10.1. The van der Waals surface area contributed by atoms with Crippen LogP contribution in [0.3, 0.4) is 0 Å². The van der Waals surface area contributed by atoms with Crippen LogP contribution in [0.4, 0.5) is 0 Å². The fraction of sp³-hybridized carbons (Fsp3) is 0.600. The molecule has 0 bridgehead atoms. The van der Waals surface area contributed by atoms with Gasteiger partial charge in [0.1, 0.15) is 11.9 Å². The van der Waals surface area contributed by atoms with Crippen molar-refractivity contribution in [2.24, 2.45) is 5.73 Å². The summed E-state index contributed by atoms with van der Waals surface area (Å²) >= 11 is 6.22. The van der Waals surface area contributed by atoms with Crippen LogP contribution in [-0.4, -0.2) is 17.3 Å². The van der Waals surface area contributed by atoms with Gasteiger partial charge >= 0.3 is 0 Å². The number of rotatable bonds is 3. The average molecular weight is 284 g/mol. The van der Waals surface area contributed by atoms with Gasteiger partial charge in [-0.25, -0.2) is 0 Å². The Bertz CT molecular complexity index is 423. The lowest BCUT2D eigenvalue weighted by Crippen LogP contribution is -2.30. The maximum Gasteiger partial charge on any atom is 0.138 e. The van der Waals surface area contributed by atoms with Gasteiger partial charge in [-0.1, -0.05) is 30.5 Å². The van der Waals surface area contributed by atoms with Gasteiger partial charge in [-0.15, -0.1) is 0 Å². The predicted octanol–water partition coefficient (Wildman–Crippen LogP) is 3.43. The topological polar surface area (TPSA) is 55.5 Å². The minimum atomic E-state index is -0.397. The average Bonchev–Trinajstić information content (AvgIpc) is 2.57. The summed E-state index contributed by atoms with van der Waals surface area (Å²) in [5, 5.41) is 10.6. The number of halogens is 1. The van der Waals surface area contributed by atoms with Crippen molar-refractivity contribution in [3.8, 4) is 5.75 Å². The van der Waals surface area contributed by atoms with Crippen molar-refractivity contribution in [2.45, 2.75) is 57.3 Å². The third kappa shape index (κ3) is 3.85. The molecule has 1 aliphatic carbocycles. The molecule has 1 saturated carbocycles. The Labute approximate surface area is 119 Å². The summed E-state index contributed by atoms with van der Waals surface area (Å²) in [4.78, 5) is 0. The summed E-state index contributed by atoms with van der Waals surface area (Å²) in [5.41, 5.74) is 6.81. The van der Waals surface area contributed by atoms with Gasteiger partial charge < -0.3 is 15.6 Å². The molecule has 3 atom stereocenters. The van der Waals surface area contributed by atoms with Crippen molar-refractivity contribution in [1.29, 1.82) is 0 Å². The number of ether oxygens (including phenoxy) is 1. The van der Waals surface area contributed by atoms with E-state index in [2.05, 4.69) is 0 Å². The van der Waals surface area contributed by atoms with Crippen LogP contribution in [0.1, 0.15) is 50.6 Å². The summed E-state index contributed by atoms with van der Waals surface area (Å²) < 4.78 is 5.89. The van der Waals surface area contributed by atoms with E-state index in [0.29, 0.717) is 10.8 Å². The van der Waals surface area contributed by atoms with Crippen LogP contribution in [0, 0.1) is 0 Å². The number of hydrogen-bond acceptors (Lipinski definition) is 3. The first kappa shape index (κ1) is 14.6. The Kier molecular flexibility index (Phi) is 5.08. The summed E-state index contributed by atoms with van der Waals surface area (Å²) in [6.07, 6.45) is 4.46. The highest BCUT2D eigenvalue weighted by atomic mass is 35.5. The number of nitrogens with two attached hydrogens (primary N) is 1. The number of aliphatic hydroxyl groups excluding tert-OH is 1. The van der Waals surface area contributed by atoms with E-state index in [-0.39, 0.29) is 12.1 Å². The molecule has 1 aliphatic rings. The maximum atomic E-state index is 10.1. The summed E-state index contributed by atoms with van der Waals surface area (Å²) in [5.74, 6) is 0.636. The molecule has 0 amide bonds. The van der Waals surface area contributed by atoms with Crippen LogP contribution >= 0.6 is 11.6 Å². The normalized spacial score (nSPS) is 25.7. The zero-order valence-corrected chi connectivity index (χ0v) is 12.1. The highest BCUT2D eigenvalue weighted by molar-refractivity contribution is 6.32. The van der Waals surface area contributed by atoms with Crippen LogP contribution in [0.2, 0.25) is 5.02 Å². The molecule has 0 aliphatic heterocycles. The molecule has 0 radical (unpaired) electrons. The van der Waals surface area contributed by atoms with E-state index < -0.39 is 6.10 Å². The van der Waals surface area contributed by atoms with Crippen LogP contribution < -0.4 is 10.5 Å². The molecule has 3 nitrogen and oxygen atoms in total. The van der Waals surface area contributed by atoms with Gasteiger partial charge in [0, 0.05) is 6.04 Å². The second-order valence-corrected chi connectivity index (χ2v) is 5.75. The van der Waals surface area contributed by atoms with Crippen LogP contribution in [-0.2, 0) is 0 Å². The zero-order chi connectivity index (χ0) is 13.8. The number of benzene rings is 1. The Morgan fingerprint density at radius 3 is 2.74 bits per heavy atom. The first-order chi connectivity index (χ1) is 9.08. The second-order valence-electron chi connectivity index (χ2n) is 5.34. The fourth-order valence-corrected chi connectivity index (χ4v) is 2.68. The van der Waals surface area contributed by atoms with Crippen molar-refractivity contribution in [1.82, 2.24) is 0 Å². The standard InChI is InChI=1S/C15H22ClNO2/c1-10(17)11-7-8-14(12(16)9-11)19-15-6-4-2-3-5-13(15)18/h7-10,13,15,18H,2-6,17H2,1H3. The zero-order valence-electron chi connectivity index (χ0n) is 11.3. The molecular formula is C15H22ClNO2. The Balaban J connectivity index is 2.09. The molecule has 0 heterocycles. The monoisotopic (exact) mass is 283 g/mol. The molecule has 3 N–H and O–H groups in total. The lowest BCUT2D eigenvalue weighted by atomic mass is 10.1. The summed E-state index contributed by atoms with van der Waals surface area (Å²) in [6, 6.07) is 5.56. The summed E-state index contributed by atoms with van der Waals surface area (Å²) in [7, 11) is 0. The van der Waals surface area contributed by atoms with Crippen LogP contribution in [0.15, 0.2) is 18.2 Å². The molecule has 0 spiro atoms. The number of aliphatic hydroxyl groups is 1. The largest absolute Gasteiger partial charge is 0.486 e. The third-order valence-electron chi connectivity index (χ3n) is 3.68. The molecule has 1 aromatic carbocycles. The van der Waals surface area contributed by atoms with Gasteiger partial charge in [0.2, 0.25) is 0 Å². The van der Waals surface area contributed by atoms with E-state index in [1.807, 2.05) is 25.1 Å². The predicted molar refractivity (Wildman–Crippen MR) is 77.6 cm³/mol. The van der Waals surface area contributed by atoms with E-state index in [4.69, 9.17) is 22.1 Å². The Morgan fingerprint density at radius 2 is 2.05 bits per heavy atom. The molecule has 3 unspecified atom stereocenters. The quantitative estimate of drug-likeness (QED) is 0.836. The number of hydrogen-bond donors (Lipinski definition) is 2. The minimum Gasteiger partial charge on any atom is -0.486 e. The molecular weight excluding hydrogens is 262 g/mol. The van der Waals surface area contributed by atoms with Crippen molar-refractivity contribution in [3.63, 3.8) is 0 Å². The molecule has 1 aromatic rings. The highest BCUT2D eigenvalue weighted by Crippen LogP contribution is 2.30. The molecule has 1 fully saturated rings. The van der Waals surface area contributed by atoms with Gasteiger partial charge in [-0.05, 0) is 43.9 Å². The van der Waals surface area contributed by atoms with E-state index in [1.54, 1.807) is 0 Å². The minimum absolute atomic E-state index is 0.0463. The second kappa shape index (κ2) is 6.60. The highest BCUT2D eigenvalue weighted by Gasteiger charge is 2.24.